The van der Waals surface area contributed by atoms with Gasteiger partial charge in [-0.05, 0) is 36.1 Å². The van der Waals surface area contributed by atoms with Crippen LogP contribution in [0.1, 0.15) is 11.1 Å². The molecule has 0 aliphatic heterocycles. The average Bonchev–Trinajstić information content (AvgIpc) is 2.48. The third-order valence-corrected chi connectivity index (χ3v) is 3.20. The molecular weight excluding hydrogens is 236 g/mol. The lowest BCUT2D eigenvalue weighted by Crippen LogP contribution is -2.38. The number of benzene rings is 2. The van der Waals surface area contributed by atoms with Crippen molar-refractivity contribution in [3.8, 4) is 5.75 Å². The van der Waals surface area contributed by atoms with Gasteiger partial charge in [0, 0.05) is 6.04 Å². The van der Waals surface area contributed by atoms with Crippen LogP contribution in [0.25, 0.3) is 0 Å². The summed E-state index contributed by atoms with van der Waals surface area (Å²) in [6, 6.07) is 18.7. The van der Waals surface area contributed by atoms with Crippen molar-refractivity contribution in [1.29, 1.82) is 0 Å². The third kappa shape index (κ3) is 4.09. The van der Waals surface area contributed by atoms with Crippen LogP contribution in [-0.2, 0) is 12.8 Å². The molecule has 0 saturated carbocycles. The van der Waals surface area contributed by atoms with Crippen LogP contribution in [0, 0.1) is 0 Å². The first kappa shape index (κ1) is 13.6. The normalized spacial score (nSPS) is 12.1. The van der Waals surface area contributed by atoms with Crippen molar-refractivity contribution in [2.24, 2.45) is 5.84 Å². The van der Waals surface area contributed by atoms with Crippen molar-refractivity contribution in [3.05, 3.63) is 65.7 Å². The minimum atomic E-state index is 0.232. The Balaban J connectivity index is 1.98. The van der Waals surface area contributed by atoms with E-state index in [0.717, 1.165) is 18.6 Å². The zero-order valence-corrected chi connectivity index (χ0v) is 11.2. The molecule has 0 heterocycles. The molecule has 0 aromatic heterocycles. The minimum absolute atomic E-state index is 0.232. The van der Waals surface area contributed by atoms with E-state index in [0.29, 0.717) is 0 Å². The molecule has 0 radical (unpaired) electrons. The first-order valence-electron chi connectivity index (χ1n) is 6.45. The van der Waals surface area contributed by atoms with Crippen LogP contribution in [0.3, 0.4) is 0 Å². The predicted octanol–water partition coefficient (Wildman–Crippen LogP) is 2.31. The Morgan fingerprint density at radius 3 is 2.05 bits per heavy atom. The summed E-state index contributed by atoms with van der Waals surface area (Å²) < 4.78 is 5.16. The first-order chi connectivity index (χ1) is 9.31. The van der Waals surface area contributed by atoms with Gasteiger partial charge in [0.05, 0.1) is 7.11 Å². The van der Waals surface area contributed by atoms with Crippen LogP contribution < -0.4 is 16.0 Å². The van der Waals surface area contributed by atoms with Gasteiger partial charge in [-0.3, -0.25) is 11.3 Å². The SMILES string of the molecule is COc1ccc(CC(Cc2ccccc2)NN)cc1. The second kappa shape index (κ2) is 6.92. The molecule has 3 nitrogen and oxygen atoms in total. The van der Waals surface area contributed by atoms with E-state index in [1.165, 1.54) is 11.1 Å². The molecule has 0 bridgehead atoms. The second-order valence-corrected chi connectivity index (χ2v) is 4.61. The lowest BCUT2D eigenvalue weighted by molar-refractivity contribution is 0.414. The highest BCUT2D eigenvalue weighted by Crippen LogP contribution is 2.14. The standard InChI is InChI=1S/C16H20N2O/c1-19-16-9-7-14(8-10-16)12-15(18-17)11-13-5-3-2-4-6-13/h2-10,15,18H,11-12,17H2,1H3. The molecule has 0 spiro atoms. The van der Waals surface area contributed by atoms with Gasteiger partial charge in [0.15, 0.2) is 0 Å². The second-order valence-electron chi connectivity index (χ2n) is 4.61. The van der Waals surface area contributed by atoms with Crippen molar-refractivity contribution in [2.75, 3.05) is 7.11 Å². The summed E-state index contributed by atoms with van der Waals surface area (Å²) in [7, 11) is 1.68. The lowest BCUT2D eigenvalue weighted by atomic mass is 9.99. The van der Waals surface area contributed by atoms with Gasteiger partial charge in [0.1, 0.15) is 5.75 Å². The Morgan fingerprint density at radius 1 is 0.947 bits per heavy atom. The molecule has 2 aromatic rings. The molecule has 0 saturated heterocycles. The van der Waals surface area contributed by atoms with E-state index < -0.39 is 0 Å². The molecule has 2 aromatic carbocycles. The van der Waals surface area contributed by atoms with Gasteiger partial charge in [-0.2, -0.15) is 0 Å². The molecule has 1 atom stereocenters. The fourth-order valence-electron chi connectivity index (χ4n) is 2.13. The number of rotatable bonds is 6. The highest BCUT2D eigenvalue weighted by molar-refractivity contribution is 5.28. The number of nitrogens with two attached hydrogens (primary N) is 1. The summed E-state index contributed by atoms with van der Waals surface area (Å²) in [5.74, 6) is 6.53. The number of hydrazine groups is 1. The van der Waals surface area contributed by atoms with Crippen LogP contribution in [-0.4, -0.2) is 13.2 Å². The Morgan fingerprint density at radius 2 is 1.53 bits per heavy atom. The van der Waals surface area contributed by atoms with E-state index in [1.54, 1.807) is 7.11 Å². The number of methoxy groups -OCH3 is 1. The average molecular weight is 256 g/mol. The highest BCUT2D eigenvalue weighted by Gasteiger charge is 2.08. The van der Waals surface area contributed by atoms with Crippen LogP contribution in [0.5, 0.6) is 5.75 Å². The molecule has 0 fully saturated rings. The lowest BCUT2D eigenvalue weighted by Gasteiger charge is -2.16. The van der Waals surface area contributed by atoms with Crippen molar-refractivity contribution in [3.63, 3.8) is 0 Å². The smallest absolute Gasteiger partial charge is 0.118 e. The van der Waals surface area contributed by atoms with E-state index in [9.17, 15) is 0 Å². The third-order valence-electron chi connectivity index (χ3n) is 3.20. The molecule has 0 aliphatic carbocycles. The van der Waals surface area contributed by atoms with Gasteiger partial charge < -0.3 is 4.74 Å². The van der Waals surface area contributed by atoms with Gasteiger partial charge in [-0.1, -0.05) is 42.5 Å². The molecule has 3 heteroatoms. The van der Waals surface area contributed by atoms with E-state index in [1.807, 2.05) is 18.2 Å². The topological polar surface area (TPSA) is 47.3 Å². The van der Waals surface area contributed by atoms with Crippen molar-refractivity contribution in [1.82, 2.24) is 5.43 Å². The quantitative estimate of drug-likeness (QED) is 0.616. The van der Waals surface area contributed by atoms with Crippen molar-refractivity contribution < 1.29 is 4.74 Å². The van der Waals surface area contributed by atoms with Crippen LogP contribution in [0.4, 0.5) is 0 Å². The number of hydrogen-bond acceptors (Lipinski definition) is 3. The van der Waals surface area contributed by atoms with E-state index in [2.05, 4.69) is 41.8 Å². The molecule has 100 valence electrons. The summed E-state index contributed by atoms with van der Waals surface area (Å²) >= 11 is 0. The van der Waals surface area contributed by atoms with E-state index >= 15 is 0 Å². The fourth-order valence-corrected chi connectivity index (χ4v) is 2.13. The van der Waals surface area contributed by atoms with E-state index in [4.69, 9.17) is 10.6 Å². The zero-order chi connectivity index (χ0) is 13.5. The van der Waals surface area contributed by atoms with Gasteiger partial charge in [0.25, 0.3) is 0 Å². The van der Waals surface area contributed by atoms with E-state index in [-0.39, 0.29) is 6.04 Å². The molecule has 2 rings (SSSR count). The fraction of sp³-hybridized carbons (Fsp3) is 0.250. The number of hydrogen-bond donors (Lipinski definition) is 2. The number of nitrogens with one attached hydrogen (secondary N) is 1. The first-order valence-corrected chi connectivity index (χ1v) is 6.45. The molecular formula is C16H20N2O. The van der Waals surface area contributed by atoms with Crippen LogP contribution in [0.15, 0.2) is 54.6 Å². The number of ether oxygens (including phenoxy) is 1. The molecule has 19 heavy (non-hydrogen) atoms. The van der Waals surface area contributed by atoms with Crippen molar-refractivity contribution >= 4 is 0 Å². The molecule has 3 N–H and O–H groups in total. The summed E-state index contributed by atoms with van der Waals surface area (Å²) in [5, 5.41) is 0. The Bertz CT molecular complexity index is 482. The van der Waals surface area contributed by atoms with Gasteiger partial charge in [-0.25, -0.2) is 0 Å². The Labute approximate surface area is 114 Å². The molecule has 0 amide bonds. The largest absolute Gasteiger partial charge is 0.497 e. The summed E-state index contributed by atoms with van der Waals surface area (Å²) in [6.07, 6.45) is 1.82. The molecule has 1 unspecified atom stereocenters. The predicted molar refractivity (Wildman–Crippen MR) is 78.0 cm³/mol. The van der Waals surface area contributed by atoms with Gasteiger partial charge in [0.2, 0.25) is 0 Å². The van der Waals surface area contributed by atoms with Crippen LogP contribution >= 0.6 is 0 Å². The van der Waals surface area contributed by atoms with Crippen LogP contribution in [0.2, 0.25) is 0 Å². The minimum Gasteiger partial charge on any atom is -0.497 e. The monoisotopic (exact) mass is 256 g/mol. The highest BCUT2D eigenvalue weighted by atomic mass is 16.5. The summed E-state index contributed by atoms with van der Waals surface area (Å²) in [6.45, 7) is 0. The Hall–Kier alpha value is -1.84. The molecule has 0 aliphatic rings. The maximum Gasteiger partial charge on any atom is 0.118 e. The Kier molecular flexibility index (Phi) is 4.95. The van der Waals surface area contributed by atoms with Crippen molar-refractivity contribution in [2.45, 2.75) is 18.9 Å². The maximum absolute atomic E-state index is 5.65. The maximum atomic E-state index is 5.65. The zero-order valence-electron chi connectivity index (χ0n) is 11.2. The summed E-state index contributed by atoms with van der Waals surface area (Å²) in [4.78, 5) is 0. The summed E-state index contributed by atoms with van der Waals surface area (Å²) in [5.41, 5.74) is 5.44. The van der Waals surface area contributed by atoms with Gasteiger partial charge in [-0.15, -0.1) is 0 Å². The van der Waals surface area contributed by atoms with Gasteiger partial charge >= 0.3 is 0 Å².